The van der Waals surface area contributed by atoms with E-state index in [-0.39, 0.29) is 31.4 Å². The van der Waals surface area contributed by atoms with Gasteiger partial charge in [-0.05, 0) is 32.1 Å². The van der Waals surface area contributed by atoms with E-state index in [1.807, 2.05) is 0 Å². The Morgan fingerprint density at radius 3 is 2.14 bits per heavy atom. The van der Waals surface area contributed by atoms with Crippen LogP contribution in [-0.4, -0.2) is 55.0 Å². The zero-order valence-corrected chi connectivity index (χ0v) is 14.9. The summed E-state index contributed by atoms with van der Waals surface area (Å²) in [6, 6.07) is 0. The Morgan fingerprint density at radius 1 is 1.05 bits per heavy atom. The summed E-state index contributed by atoms with van der Waals surface area (Å²) in [6.07, 6.45) is 4.05. The summed E-state index contributed by atoms with van der Waals surface area (Å²) in [6.45, 7) is 2.51. The minimum atomic E-state index is -3.30. The molecule has 0 aliphatic rings. The standard InChI is InChI=1S/C12H26N2O6S2/c1-4-20-12(15)7-5-6-11(10-14-22(3,18)19)8-9-13-21(2,16)17/h11,13-14H,4-10H2,1-3H3. The normalized spacial score (nSPS) is 13.8. The molecule has 0 aliphatic heterocycles. The van der Waals surface area contributed by atoms with E-state index in [0.29, 0.717) is 25.9 Å². The molecule has 0 aromatic carbocycles. The number of esters is 1. The Morgan fingerprint density at radius 2 is 1.64 bits per heavy atom. The molecule has 0 saturated carbocycles. The van der Waals surface area contributed by atoms with Crippen LogP contribution < -0.4 is 9.44 Å². The van der Waals surface area contributed by atoms with Crippen molar-refractivity contribution < 1.29 is 26.4 Å². The molecule has 0 fully saturated rings. The lowest BCUT2D eigenvalue weighted by atomic mass is 9.99. The molecular formula is C12H26N2O6S2. The van der Waals surface area contributed by atoms with Crippen LogP contribution in [0.4, 0.5) is 0 Å². The lowest BCUT2D eigenvalue weighted by Gasteiger charge is -2.17. The van der Waals surface area contributed by atoms with Crippen molar-refractivity contribution in [2.45, 2.75) is 32.6 Å². The highest BCUT2D eigenvalue weighted by molar-refractivity contribution is 7.89. The van der Waals surface area contributed by atoms with E-state index >= 15 is 0 Å². The summed E-state index contributed by atoms with van der Waals surface area (Å²) in [4.78, 5) is 11.3. The zero-order valence-electron chi connectivity index (χ0n) is 13.3. The smallest absolute Gasteiger partial charge is 0.305 e. The van der Waals surface area contributed by atoms with Crippen molar-refractivity contribution in [2.75, 3.05) is 32.2 Å². The molecule has 0 radical (unpaired) electrons. The Kier molecular flexibility index (Phi) is 9.81. The van der Waals surface area contributed by atoms with Crippen LogP contribution in [0.15, 0.2) is 0 Å². The van der Waals surface area contributed by atoms with Gasteiger partial charge in [-0.1, -0.05) is 0 Å². The fourth-order valence-corrected chi connectivity index (χ4v) is 2.86. The highest BCUT2D eigenvalue weighted by atomic mass is 32.2. The number of carbonyl (C=O) groups is 1. The van der Waals surface area contributed by atoms with Gasteiger partial charge in [0.2, 0.25) is 20.0 Å². The molecule has 132 valence electrons. The van der Waals surface area contributed by atoms with Gasteiger partial charge in [-0.15, -0.1) is 0 Å². The van der Waals surface area contributed by atoms with E-state index in [2.05, 4.69) is 9.44 Å². The summed E-state index contributed by atoms with van der Waals surface area (Å²) in [5.41, 5.74) is 0. The summed E-state index contributed by atoms with van der Waals surface area (Å²) in [5, 5.41) is 0. The number of ether oxygens (including phenoxy) is 1. The van der Waals surface area contributed by atoms with Gasteiger partial charge in [0.25, 0.3) is 0 Å². The summed E-state index contributed by atoms with van der Waals surface area (Å²) in [5.74, 6) is -0.343. The van der Waals surface area contributed by atoms with Crippen LogP contribution in [0.2, 0.25) is 0 Å². The molecule has 0 heterocycles. The number of sulfonamides is 2. The number of carbonyl (C=O) groups excluding carboxylic acids is 1. The Balaban J connectivity index is 4.29. The lowest BCUT2D eigenvalue weighted by molar-refractivity contribution is -0.143. The Bertz CT molecular complexity index is 530. The number of hydrogen-bond donors (Lipinski definition) is 2. The predicted octanol–water partition coefficient (Wildman–Crippen LogP) is -0.175. The molecule has 0 amide bonds. The quantitative estimate of drug-likeness (QED) is 0.467. The largest absolute Gasteiger partial charge is 0.466 e. The second-order valence-electron chi connectivity index (χ2n) is 5.14. The zero-order chi connectivity index (χ0) is 17.2. The summed E-state index contributed by atoms with van der Waals surface area (Å²) < 4.78 is 53.9. The van der Waals surface area contributed by atoms with Crippen LogP contribution in [0.5, 0.6) is 0 Å². The first-order chi connectivity index (χ1) is 10.0. The van der Waals surface area contributed by atoms with Gasteiger partial charge < -0.3 is 4.74 Å². The maximum Gasteiger partial charge on any atom is 0.305 e. The molecular weight excluding hydrogens is 332 g/mol. The van der Waals surface area contributed by atoms with Gasteiger partial charge in [-0.2, -0.15) is 0 Å². The van der Waals surface area contributed by atoms with E-state index < -0.39 is 20.0 Å². The summed E-state index contributed by atoms with van der Waals surface area (Å²) >= 11 is 0. The first-order valence-electron chi connectivity index (χ1n) is 7.08. The minimum absolute atomic E-state index is 0.0570. The van der Waals surface area contributed by atoms with E-state index in [4.69, 9.17) is 4.74 Å². The topological polar surface area (TPSA) is 119 Å². The van der Waals surface area contributed by atoms with Crippen molar-refractivity contribution in [3.8, 4) is 0 Å². The van der Waals surface area contributed by atoms with Crippen molar-refractivity contribution in [3.63, 3.8) is 0 Å². The van der Waals surface area contributed by atoms with E-state index in [1.54, 1.807) is 6.92 Å². The predicted molar refractivity (Wildman–Crippen MR) is 84.3 cm³/mol. The minimum Gasteiger partial charge on any atom is -0.466 e. The van der Waals surface area contributed by atoms with Crippen LogP contribution in [-0.2, 0) is 29.6 Å². The molecule has 1 unspecified atom stereocenters. The molecule has 10 heteroatoms. The van der Waals surface area contributed by atoms with Gasteiger partial charge in [0, 0.05) is 19.5 Å². The summed E-state index contributed by atoms with van der Waals surface area (Å²) in [7, 11) is -6.57. The molecule has 22 heavy (non-hydrogen) atoms. The molecule has 0 aliphatic carbocycles. The van der Waals surface area contributed by atoms with Crippen molar-refractivity contribution in [1.29, 1.82) is 0 Å². The highest BCUT2D eigenvalue weighted by Crippen LogP contribution is 2.12. The average molecular weight is 358 g/mol. The fraction of sp³-hybridized carbons (Fsp3) is 0.917. The number of nitrogens with one attached hydrogen (secondary N) is 2. The van der Waals surface area contributed by atoms with E-state index in [0.717, 1.165) is 12.5 Å². The number of rotatable bonds is 12. The van der Waals surface area contributed by atoms with Gasteiger partial charge in [-0.25, -0.2) is 26.3 Å². The van der Waals surface area contributed by atoms with Crippen LogP contribution in [0.1, 0.15) is 32.6 Å². The van der Waals surface area contributed by atoms with Crippen LogP contribution in [0.3, 0.4) is 0 Å². The van der Waals surface area contributed by atoms with Gasteiger partial charge in [0.1, 0.15) is 0 Å². The maximum absolute atomic E-state index is 11.3. The first-order valence-corrected chi connectivity index (χ1v) is 10.9. The monoisotopic (exact) mass is 358 g/mol. The highest BCUT2D eigenvalue weighted by Gasteiger charge is 2.13. The molecule has 8 nitrogen and oxygen atoms in total. The second kappa shape index (κ2) is 10.1. The van der Waals surface area contributed by atoms with Crippen LogP contribution >= 0.6 is 0 Å². The van der Waals surface area contributed by atoms with Gasteiger partial charge in [0.15, 0.2) is 0 Å². The fourth-order valence-electron chi connectivity index (χ4n) is 1.83. The second-order valence-corrected chi connectivity index (χ2v) is 8.81. The molecule has 0 bridgehead atoms. The van der Waals surface area contributed by atoms with Crippen molar-refractivity contribution >= 4 is 26.0 Å². The molecule has 0 aromatic heterocycles. The lowest BCUT2D eigenvalue weighted by Crippen LogP contribution is -2.31. The van der Waals surface area contributed by atoms with Gasteiger partial charge in [0.05, 0.1) is 19.1 Å². The van der Waals surface area contributed by atoms with Gasteiger partial charge in [-0.3, -0.25) is 4.79 Å². The SMILES string of the molecule is CCOC(=O)CCCC(CCNS(C)(=O)=O)CNS(C)(=O)=O. The third kappa shape index (κ3) is 14.2. The molecule has 0 aromatic rings. The van der Waals surface area contributed by atoms with Gasteiger partial charge >= 0.3 is 5.97 Å². The van der Waals surface area contributed by atoms with Crippen LogP contribution in [0, 0.1) is 5.92 Å². The van der Waals surface area contributed by atoms with Crippen molar-refractivity contribution in [2.24, 2.45) is 5.92 Å². The average Bonchev–Trinajstić information content (AvgIpc) is 2.33. The molecule has 0 spiro atoms. The third-order valence-electron chi connectivity index (χ3n) is 2.85. The van der Waals surface area contributed by atoms with E-state index in [9.17, 15) is 21.6 Å². The number of hydrogen-bond acceptors (Lipinski definition) is 6. The Hall–Kier alpha value is -0.710. The molecule has 0 rings (SSSR count). The van der Waals surface area contributed by atoms with Crippen molar-refractivity contribution in [1.82, 2.24) is 9.44 Å². The molecule has 2 N–H and O–H groups in total. The van der Waals surface area contributed by atoms with Crippen molar-refractivity contribution in [3.05, 3.63) is 0 Å². The molecule has 0 saturated heterocycles. The first kappa shape index (κ1) is 21.3. The molecule has 1 atom stereocenters. The third-order valence-corrected chi connectivity index (χ3v) is 4.27. The van der Waals surface area contributed by atoms with E-state index in [1.165, 1.54) is 0 Å². The maximum atomic E-state index is 11.3. The Labute approximate surface area is 133 Å². The van der Waals surface area contributed by atoms with Crippen LogP contribution in [0.25, 0.3) is 0 Å².